The second-order valence-electron chi connectivity index (χ2n) is 5.76. The summed E-state index contributed by atoms with van der Waals surface area (Å²) >= 11 is 0. The largest absolute Gasteiger partial charge is 0.495 e. The van der Waals surface area contributed by atoms with E-state index in [1.54, 1.807) is 25.3 Å². The Labute approximate surface area is 136 Å². The molecule has 0 radical (unpaired) electrons. The Balaban J connectivity index is 2.40. The number of nitrogens with one attached hydrogen (secondary N) is 2. The number of aryl methyl sites for hydroxylation is 1. The maximum absolute atomic E-state index is 12.4. The average molecular weight is 313 g/mol. The van der Waals surface area contributed by atoms with Gasteiger partial charge in [-0.1, -0.05) is 6.07 Å². The number of methoxy groups -OCH3 is 1. The third kappa shape index (κ3) is 4.16. The molecule has 0 saturated heterocycles. The maximum atomic E-state index is 12.4. The minimum absolute atomic E-state index is 0.0466. The van der Waals surface area contributed by atoms with Crippen molar-refractivity contribution in [2.24, 2.45) is 0 Å². The topological polar surface area (TPSA) is 76.4 Å². The van der Waals surface area contributed by atoms with Crippen LogP contribution in [0.4, 0.5) is 17.1 Å². The van der Waals surface area contributed by atoms with E-state index in [0.29, 0.717) is 22.7 Å². The van der Waals surface area contributed by atoms with Crippen LogP contribution in [0, 0.1) is 6.92 Å². The number of carbonyl (C=O) groups excluding carboxylic acids is 1. The third-order valence-corrected chi connectivity index (χ3v) is 3.33. The van der Waals surface area contributed by atoms with Crippen molar-refractivity contribution in [1.82, 2.24) is 5.32 Å². The molecule has 23 heavy (non-hydrogen) atoms. The summed E-state index contributed by atoms with van der Waals surface area (Å²) in [5, 5.41) is 6.16. The molecule has 2 aromatic rings. The lowest BCUT2D eigenvalue weighted by Crippen LogP contribution is -2.30. The molecule has 4 N–H and O–H groups in total. The summed E-state index contributed by atoms with van der Waals surface area (Å²) in [6.45, 7) is 5.84. The highest BCUT2D eigenvalue weighted by Gasteiger charge is 2.14. The van der Waals surface area contributed by atoms with E-state index in [2.05, 4.69) is 10.6 Å². The normalized spacial score (nSPS) is 10.5. The molecule has 0 bridgehead atoms. The van der Waals surface area contributed by atoms with Crippen molar-refractivity contribution in [1.29, 1.82) is 0 Å². The molecular formula is C18H23N3O2. The smallest absolute Gasteiger partial charge is 0.253 e. The van der Waals surface area contributed by atoms with Crippen molar-refractivity contribution in [2.45, 2.75) is 26.8 Å². The number of rotatable bonds is 5. The minimum Gasteiger partial charge on any atom is -0.495 e. The van der Waals surface area contributed by atoms with Gasteiger partial charge >= 0.3 is 0 Å². The Bertz CT molecular complexity index is 711. The van der Waals surface area contributed by atoms with Gasteiger partial charge in [-0.3, -0.25) is 4.79 Å². The number of amides is 1. The zero-order valence-corrected chi connectivity index (χ0v) is 13.9. The minimum atomic E-state index is -0.165. The van der Waals surface area contributed by atoms with Crippen LogP contribution in [0.15, 0.2) is 36.4 Å². The van der Waals surface area contributed by atoms with E-state index in [1.807, 2.05) is 39.0 Å². The van der Waals surface area contributed by atoms with E-state index in [0.717, 1.165) is 11.3 Å². The number of carbonyl (C=O) groups is 1. The molecular weight excluding hydrogens is 290 g/mol. The molecule has 0 heterocycles. The Kier molecular flexibility index (Phi) is 5.11. The van der Waals surface area contributed by atoms with Crippen LogP contribution in [0.1, 0.15) is 29.8 Å². The number of hydrogen-bond acceptors (Lipinski definition) is 4. The van der Waals surface area contributed by atoms with Crippen LogP contribution >= 0.6 is 0 Å². The second-order valence-corrected chi connectivity index (χ2v) is 5.76. The number of nitrogens with two attached hydrogens (primary N) is 1. The molecule has 0 fully saturated rings. The van der Waals surface area contributed by atoms with Gasteiger partial charge in [-0.15, -0.1) is 0 Å². The molecule has 0 saturated carbocycles. The van der Waals surface area contributed by atoms with Gasteiger partial charge in [0, 0.05) is 11.7 Å². The number of nitrogen functional groups attached to an aromatic ring is 1. The summed E-state index contributed by atoms with van der Waals surface area (Å²) in [4.78, 5) is 12.4. The Morgan fingerprint density at radius 1 is 1.13 bits per heavy atom. The van der Waals surface area contributed by atoms with Gasteiger partial charge in [-0.05, 0) is 56.7 Å². The van der Waals surface area contributed by atoms with E-state index in [9.17, 15) is 4.79 Å². The van der Waals surface area contributed by atoms with E-state index in [1.165, 1.54) is 0 Å². The number of anilines is 3. The number of benzene rings is 2. The highest BCUT2D eigenvalue weighted by atomic mass is 16.5. The lowest BCUT2D eigenvalue weighted by molar-refractivity contribution is 0.0944. The van der Waals surface area contributed by atoms with Crippen molar-refractivity contribution in [2.75, 3.05) is 18.2 Å². The summed E-state index contributed by atoms with van der Waals surface area (Å²) in [5.74, 6) is 0.545. The summed E-state index contributed by atoms with van der Waals surface area (Å²) in [6, 6.07) is 11.1. The molecule has 5 heteroatoms. The van der Waals surface area contributed by atoms with Crippen molar-refractivity contribution in [3.05, 3.63) is 47.5 Å². The Hall–Kier alpha value is -2.69. The van der Waals surface area contributed by atoms with Crippen LogP contribution in [0.5, 0.6) is 5.75 Å². The van der Waals surface area contributed by atoms with Gasteiger partial charge in [-0.2, -0.15) is 0 Å². The molecule has 0 spiro atoms. The number of ether oxygens (including phenoxy) is 1. The highest BCUT2D eigenvalue weighted by molar-refractivity contribution is 6.01. The fraction of sp³-hybridized carbons (Fsp3) is 0.278. The Morgan fingerprint density at radius 2 is 1.87 bits per heavy atom. The van der Waals surface area contributed by atoms with Gasteiger partial charge in [0.05, 0.1) is 24.0 Å². The van der Waals surface area contributed by atoms with E-state index < -0.39 is 0 Å². The molecule has 0 aliphatic rings. The van der Waals surface area contributed by atoms with Crippen molar-refractivity contribution < 1.29 is 9.53 Å². The molecule has 0 unspecified atom stereocenters. The van der Waals surface area contributed by atoms with E-state index in [-0.39, 0.29) is 11.9 Å². The molecule has 5 nitrogen and oxygen atoms in total. The summed E-state index contributed by atoms with van der Waals surface area (Å²) in [7, 11) is 1.62. The zero-order valence-electron chi connectivity index (χ0n) is 13.9. The van der Waals surface area contributed by atoms with Crippen molar-refractivity contribution in [3.63, 3.8) is 0 Å². The van der Waals surface area contributed by atoms with Crippen molar-refractivity contribution in [3.8, 4) is 5.75 Å². The summed E-state index contributed by atoms with van der Waals surface area (Å²) in [5.41, 5.74) is 9.46. The molecule has 0 atom stereocenters. The predicted molar refractivity (Wildman–Crippen MR) is 94.5 cm³/mol. The monoisotopic (exact) mass is 313 g/mol. The summed E-state index contributed by atoms with van der Waals surface area (Å²) in [6.07, 6.45) is 0. The average Bonchev–Trinajstić information content (AvgIpc) is 2.48. The van der Waals surface area contributed by atoms with Crippen molar-refractivity contribution >= 4 is 23.0 Å². The molecule has 0 aromatic heterocycles. The summed E-state index contributed by atoms with van der Waals surface area (Å²) < 4.78 is 5.37. The molecule has 122 valence electrons. The lowest BCUT2D eigenvalue weighted by Gasteiger charge is -2.16. The fourth-order valence-corrected chi connectivity index (χ4v) is 2.26. The second kappa shape index (κ2) is 7.05. The molecule has 1 amide bonds. The van der Waals surface area contributed by atoms with Gasteiger partial charge in [0.1, 0.15) is 5.75 Å². The first-order valence-electron chi connectivity index (χ1n) is 7.52. The SMILES string of the molecule is COc1ccc(C)cc1Nc1ccc(N)cc1C(=O)NC(C)C. The molecule has 2 rings (SSSR count). The fourth-order valence-electron chi connectivity index (χ4n) is 2.26. The van der Waals surface area contributed by atoms with Crippen LogP contribution in [-0.2, 0) is 0 Å². The van der Waals surface area contributed by atoms with E-state index >= 15 is 0 Å². The lowest BCUT2D eigenvalue weighted by atomic mass is 10.1. The third-order valence-electron chi connectivity index (χ3n) is 3.33. The standard InChI is InChI=1S/C18H23N3O2/c1-11(2)20-18(22)14-10-13(19)6-7-15(14)21-16-9-12(3)5-8-17(16)23-4/h5-11,21H,19H2,1-4H3,(H,20,22). The van der Waals surface area contributed by atoms with Gasteiger partial charge in [0.15, 0.2) is 0 Å². The maximum Gasteiger partial charge on any atom is 0.253 e. The highest BCUT2D eigenvalue weighted by Crippen LogP contribution is 2.30. The zero-order chi connectivity index (χ0) is 17.0. The first kappa shape index (κ1) is 16.7. The first-order chi connectivity index (χ1) is 10.9. The van der Waals surface area contributed by atoms with Crippen LogP contribution < -0.4 is 21.1 Å². The predicted octanol–water partition coefficient (Wildman–Crippen LogP) is 3.47. The van der Waals surface area contributed by atoms with Crippen LogP contribution in [0.25, 0.3) is 0 Å². The van der Waals surface area contributed by atoms with Crippen LogP contribution in [-0.4, -0.2) is 19.1 Å². The van der Waals surface area contributed by atoms with Crippen LogP contribution in [0.2, 0.25) is 0 Å². The van der Waals surface area contributed by atoms with Gasteiger partial charge < -0.3 is 21.1 Å². The molecule has 0 aliphatic heterocycles. The van der Waals surface area contributed by atoms with Gasteiger partial charge in [0.25, 0.3) is 5.91 Å². The quantitative estimate of drug-likeness (QED) is 0.739. The first-order valence-corrected chi connectivity index (χ1v) is 7.52. The van der Waals surface area contributed by atoms with Gasteiger partial charge in [-0.25, -0.2) is 0 Å². The van der Waals surface area contributed by atoms with E-state index in [4.69, 9.17) is 10.5 Å². The molecule has 2 aromatic carbocycles. The number of hydrogen-bond donors (Lipinski definition) is 3. The van der Waals surface area contributed by atoms with Crippen LogP contribution in [0.3, 0.4) is 0 Å². The van der Waals surface area contributed by atoms with Gasteiger partial charge in [0.2, 0.25) is 0 Å². The Morgan fingerprint density at radius 3 is 2.52 bits per heavy atom. The molecule has 0 aliphatic carbocycles.